The van der Waals surface area contributed by atoms with Crippen LogP contribution in [0.3, 0.4) is 0 Å². The topological polar surface area (TPSA) is 51.1 Å². The summed E-state index contributed by atoms with van der Waals surface area (Å²) >= 11 is 3.05. The summed E-state index contributed by atoms with van der Waals surface area (Å²) < 4.78 is 1.69. The average Bonchev–Trinajstić information content (AvgIpc) is 2.97. The molecule has 0 fully saturated rings. The summed E-state index contributed by atoms with van der Waals surface area (Å²) in [5, 5.41) is 4.86. The molecule has 2 rings (SSSR count). The van der Waals surface area contributed by atoms with Gasteiger partial charge in [0, 0.05) is 30.2 Å². The van der Waals surface area contributed by atoms with Crippen molar-refractivity contribution in [2.75, 3.05) is 12.8 Å². The van der Waals surface area contributed by atoms with E-state index >= 15 is 0 Å². The SMILES string of the molecule is CSc1ccsc1C(=O)NCCCCn1ccccc1=O. The quantitative estimate of drug-likeness (QED) is 0.630. The van der Waals surface area contributed by atoms with Crippen LogP contribution >= 0.6 is 23.1 Å². The van der Waals surface area contributed by atoms with Crippen molar-refractivity contribution in [3.05, 3.63) is 51.1 Å². The van der Waals surface area contributed by atoms with Crippen LogP contribution in [0.5, 0.6) is 0 Å². The summed E-state index contributed by atoms with van der Waals surface area (Å²) in [7, 11) is 0. The molecule has 112 valence electrons. The maximum absolute atomic E-state index is 12.0. The third-order valence-electron chi connectivity index (χ3n) is 3.07. The number of hydrogen-bond acceptors (Lipinski definition) is 4. The molecule has 2 heterocycles. The van der Waals surface area contributed by atoms with Gasteiger partial charge in [0.05, 0.1) is 0 Å². The molecule has 21 heavy (non-hydrogen) atoms. The van der Waals surface area contributed by atoms with Crippen LogP contribution < -0.4 is 10.9 Å². The molecule has 0 bridgehead atoms. The highest BCUT2D eigenvalue weighted by molar-refractivity contribution is 7.98. The Balaban J connectivity index is 1.72. The zero-order valence-electron chi connectivity index (χ0n) is 11.9. The first-order valence-corrected chi connectivity index (χ1v) is 8.88. The van der Waals surface area contributed by atoms with Crippen LogP contribution in [0, 0.1) is 0 Å². The van der Waals surface area contributed by atoms with Gasteiger partial charge in [0.15, 0.2) is 0 Å². The number of carbonyl (C=O) groups is 1. The molecule has 1 N–H and O–H groups in total. The van der Waals surface area contributed by atoms with E-state index in [1.165, 1.54) is 11.3 Å². The summed E-state index contributed by atoms with van der Waals surface area (Å²) in [5.74, 6) is -0.00812. The van der Waals surface area contributed by atoms with Gasteiger partial charge in [-0.1, -0.05) is 6.07 Å². The summed E-state index contributed by atoms with van der Waals surface area (Å²) in [6.45, 7) is 1.32. The number of nitrogens with zero attached hydrogens (tertiary/aromatic N) is 1. The molecule has 0 aliphatic heterocycles. The van der Waals surface area contributed by atoms with E-state index in [4.69, 9.17) is 0 Å². The molecule has 0 aliphatic rings. The third-order valence-corrected chi connectivity index (χ3v) is 4.89. The fourth-order valence-corrected chi connectivity index (χ4v) is 3.62. The number of thiophene rings is 1. The molecule has 0 aliphatic carbocycles. The van der Waals surface area contributed by atoms with Crippen LogP contribution in [0.1, 0.15) is 22.5 Å². The van der Waals surface area contributed by atoms with Crippen molar-refractivity contribution in [1.29, 1.82) is 0 Å². The average molecular weight is 322 g/mol. The van der Waals surface area contributed by atoms with Gasteiger partial charge in [-0.25, -0.2) is 0 Å². The standard InChI is InChI=1S/C15H18N2O2S2/c1-20-12-7-11-21-14(12)15(19)16-8-3-5-10-17-9-4-2-6-13(17)18/h2,4,6-7,9,11H,3,5,8,10H2,1H3,(H,16,19). The molecule has 4 nitrogen and oxygen atoms in total. The van der Waals surface area contributed by atoms with Crippen LogP contribution in [0.4, 0.5) is 0 Å². The van der Waals surface area contributed by atoms with Gasteiger partial charge < -0.3 is 9.88 Å². The van der Waals surface area contributed by atoms with Gasteiger partial charge >= 0.3 is 0 Å². The summed E-state index contributed by atoms with van der Waals surface area (Å²) in [5.41, 5.74) is 0.0183. The molecular formula is C15H18N2O2S2. The van der Waals surface area contributed by atoms with Crippen LogP contribution in [0.25, 0.3) is 0 Å². The van der Waals surface area contributed by atoms with Crippen molar-refractivity contribution in [1.82, 2.24) is 9.88 Å². The Labute approximate surface area is 132 Å². The molecule has 0 atom stereocenters. The maximum Gasteiger partial charge on any atom is 0.262 e. The second-order valence-electron chi connectivity index (χ2n) is 4.51. The molecule has 6 heteroatoms. The van der Waals surface area contributed by atoms with Gasteiger partial charge in [0.1, 0.15) is 4.88 Å². The zero-order chi connectivity index (χ0) is 15.1. The molecule has 2 aromatic rings. The monoisotopic (exact) mass is 322 g/mol. The van der Waals surface area contributed by atoms with Gasteiger partial charge in [0.25, 0.3) is 5.91 Å². The van der Waals surface area contributed by atoms with E-state index in [1.807, 2.05) is 23.8 Å². The number of aromatic nitrogens is 1. The van der Waals surface area contributed by atoms with Gasteiger partial charge in [-0.05, 0) is 36.6 Å². The Morgan fingerprint density at radius 1 is 1.33 bits per heavy atom. The third kappa shape index (κ3) is 4.47. The Bertz CT molecular complexity index is 649. The smallest absolute Gasteiger partial charge is 0.262 e. The minimum absolute atomic E-state index is 0.00812. The minimum Gasteiger partial charge on any atom is -0.351 e. The van der Waals surface area contributed by atoms with Crippen LogP contribution in [0.15, 0.2) is 45.5 Å². The van der Waals surface area contributed by atoms with Crippen molar-refractivity contribution in [3.8, 4) is 0 Å². The number of carbonyl (C=O) groups excluding carboxylic acids is 1. The largest absolute Gasteiger partial charge is 0.351 e. The van der Waals surface area contributed by atoms with Crippen molar-refractivity contribution in [2.24, 2.45) is 0 Å². The second kappa shape index (κ2) is 8.05. The number of rotatable bonds is 7. The van der Waals surface area contributed by atoms with Crippen LogP contribution in [0.2, 0.25) is 0 Å². The molecule has 0 saturated carbocycles. The lowest BCUT2D eigenvalue weighted by Gasteiger charge is -2.06. The first-order chi connectivity index (χ1) is 10.2. The number of aryl methyl sites for hydroxylation is 1. The van der Waals surface area contributed by atoms with E-state index in [0.29, 0.717) is 13.1 Å². The molecular weight excluding hydrogens is 304 g/mol. The highest BCUT2D eigenvalue weighted by atomic mass is 32.2. The molecule has 0 radical (unpaired) electrons. The van der Waals surface area contributed by atoms with Crippen molar-refractivity contribution in [3.63, 3.8) is 0 Å². The lowest BCUT2D eigenvalue weighted by molar-refractivity contribution is 0.0954. The number of nitrogens with one attached hydrogen (secondary N) is 1. The Kier molecular flexibility index (Phi) is 6.07. The fourth-order valence-electron chi connectivity index (χ4n) is 1.96. The van der Waals surface area contributed by atoms with Crippen molar-refractivity contribution in [2.45, 2.75) is 24.3 Å². The van der Waals surface area contributed by atoms with Gasteiger partial charge in [-0.2, -0.15) is 0 Å². The number of unbranched alkanes of at least 4 members (excludes halogenated alkanes) is 1. The Hall–Kier alpha value is -1.53. The van der Waals surface area contributed by atoms with E-state index in [2.05, 4.69) is 5.32 Å². The van der Waals surface area contributed by atoms with E-state index < -0.39 is 0 Å². The lowest BCUT2D eigenvalue weighted by atomic mass is 10.3. The predicted octanol–water partition coefficient (Wildman–Crippen LogP) is 2.84. The highest BCUT2D eigenvalue weighted by Gasteiger charge is 2.11. The number of thioether (sulfide) groups is 1. The molecule has 1 amide bonds. The van der Waals surface area contributed by atoms with Gasteiger partial charge in [-0.15, -0.1) is 23.1 Å². The molecule has 0 spiro atoms. The first kappa shape index (κ1) is 15.9. The van der Waals surface area contributed by atoms with Gasteiger partial charge in [-0.3, -0.25) is 9.59 Å². The van der Waals surface area contributed by atoms with E-state index in [0.717, 1.165) is 22.6 Å². The summed E-state index contributed by atoms with van der Waals surface area (Å²) in [6.07, 6.45) is 5.48. The lowest BCUT2D eigenvalue weighted by Crippen LogP contribution is -2.24. The summed E-state index contributed by atoms with van der Waals surface area (Å²) in [4.78, 5) is 25.3. The number of hydrogen-bond donors (Lipinski definition) is 1. The van der Waals surface area contributed by atoms with E-state index in [9.17, 15) is 9.59 Å². The highest BCUT2D eigenvalue weighted by Crippen LogP contribution is 2.25. The molecule has 2 aromatic heterocycles. The Morgan fingerprint density at radius 3 is 2.95 bits per heavy atom. The molecule has 0 saturated heterocycles. The van der Waals surface area contributed by atoms with Crippen molar-refractivity contribution >= 4 is 29.0 Å². The second-order valence-corrected chi connectivity index (χ2v) is 6.28. The maximum atomic E-state index is 12.0. The number of amides is 1. The molecule has 0 unspecified atom stereocenters. The van der Waals surface area contributed by atoms with Crippen LogP contribution in [-0.4, -0.2) is 23.3 Å². The first-order valence-electron chi connectivity index (χ1n) is 6.77. The number of pyridine rings is 1. The van der Waals surface area contributed by atoms with E-state index in [-0.39, 0.29) is 11.5 Å². The Morgan fingerprint density at radius 2 is 2.19 bits per heavy atom. The van der Waals surface area contributed by atoms with Crippen LogP contribution in [-0.2, 0) is 6.54 Å². The van der Waals surface area contributed by atoms with E-state index in [1.54, 1.807) is 34.7 Å². The zero-order valence-corrected chi connectivity index (χ0v) is 13.5. The van der Waals surface area contributed by atoms with Crippen molar-refractivity contribution < 1.29 is 4.79 Å². The van der Waals surface area contributed by atoms with Gasteiger partial charge in [0.2, 0.25) is 5.56 Å². The summed E-state index contributed by atoms with van der Waals surface area (Å²) in [6, 6.07) is 7.11. The predicted molar refractivity (Wildman–Crippen MR) is 88.4 cm³/mol. The fraction of sp³-hybridized carbons (Fsp3) is 0.333. The minimum atomic E-state index is -0.00812. The normalized spacial score (nSPS) is 10.5. The molecule has 0 aromatic carbocycles.